The van der Waals surface area contributed by atoms with Gasteiger partial charge in [0.25, 0.3) is 0 Å². The van der Waals surface area contributed by atoms with Gasteiger partial charge in [0.15, 0.2) is 0 Å². The number of hydrogen-bond donors (Lipinski definition) is 1. The second-order valence-electron chi connectivity index (χ2n) is 10.1. The molecule has 1 aliphatic heterocycles. The van der Waals surface area contributed by atoms with Gasteiger partial charge < -0.3 is 9.84 Å². The van der Waals surface area contributed by atoms with Crippen LogP contribution in [0.5, 0.6) is 0 Å². The van der Waals surface area contributed by atoms with Gasteiger partial charge in [0, 0.05) is 15.6 Å². The molecule has 4 aliphatic rings. The summed E-state index contributed by atoms with van der Waals surface area (Å²) in [6, 6.07) is 0. The summed E-state index contributed by atoms with van der Waals surface area (Å²) < 4.78 is 5.95. The van der Waals surface area contributed by atoms with Crippen molar-refractivity contribution in [3.05, 3.63) is 0 Å². The number of carbonyl (C=O) groups is 1. The maximum absolute atomic E-state index is 12.8. The number of hydrogen-bond acceptors (Lipinski definition) is 3. The summed E-state index contributed by atoms with van der Waals surface area (Å²) in [4.78, 5) is 13.5. The molecular weight excluding hydrogens is 448 g/mol. The van der Waals surface area contributed by atoms with Crippen molar-refractivity contribution >= 4 is 37.8 Å². The first-order valence-corrected chi connectivity index (χ1v) is 11.6. The SMILES string of the molecule is CC1(C)C[C@@](O)(C[C@@H]2CC[C@]34C(=O)O[C@](C)(CC[C@@H]3Br)[C@@H]24)CC[C@@H]1Br. The predicted octanol–water partition coefficient (Wildman–Crippen LogP) is 4.97. The van der Waals surface area contributed by atoms with E-state index in [9.17, 15) is 9.90 Å². The van der Waals surface area contributed by atoms with Crippen LogP contribution in [-0.2, 0) is 9.53 Å². The Morgan fingerprint density at radius 1 is 1.08 bits per heavy atom. The number of rotatable bonds is 2. The van der Waals surface area contributed by atoms with Crippen molar-refractivity contribution in [2.24, 2.45) is 22.7 Å². The molecular formula is C20H30Br2O3. The van der Waals surface area contributed by atoms with Gasteiger partial charge in [0.1, 0.15) is 5.60 Å². The Labute approximate surface area is 167 Å². The summed E-state index contributed by atoms with van der Waals surface area (Å²) in [5.74, 6) is 0.641. The van der Waals surface area contributed by atoms with E-state index in [0.29, 0.717) is 10.7 Å². The van der Waals surface area contributed by atoms with Gasteiger partial charge in [-0.1, -0.05) is 45.7 Å². The molecule has 0 aromatic heterocycles. The molecule has 25 heavy (non-hydrogen) atoms. The normalized spacial score (nSPS) is 54.2. The molecule has 7 atom stereocenters. The molecule has 1 heterocycles. The monoisotopic (exact) mass is 476 g/mol. The minimum absolute atomic E-state index is 0.0124. The number of ether oxygens (including phenoxy) is 1. The summed E-state index contributed by atoms with van der Waals surface area (Å²) in [7, 11) is 0. The largest absolute Gasteiger partial charge is 0.459 e. The number of aliphatic hydroxyl groups is 1. The smallest absolute Gasteiger partial charge is 0.314 e. The number of alkyl halides is 2. The third kappa shape index (κ3) is 2.61. The first-order chi connectivity index (χ1) is 11.5. The number of halogens is 2. The lowest BCUT2D eigenvalue weighted by molar-refractivity contribution is -0.152. The molecule has 0 unspecified atom stereocenters. The van der Waals surface area contributed by atoms with Gasteiger partial charge >= 0.3 is 5.97 Å². The number of esters is 1. The molecule has 1 saturated heterocycles. The summed E-state index contributed by atoms with van der Waals surface area (Å²) in [5.41, 5.74) is -1.19. The predicted molar refractivity (Wildman–Crippen MR) is 105 cm³/mol. The molecule has 0 aromatic rings. The van der Waals surface area contributed by atoms with Crippen LogP contribution < -0.4 is 0 Å². The van der Waals surface area contributed by atoms with Gasteiger partial charge in [0.05, 0.1) is 11.0 Å². The van der Waals surface area contributed by atoms with Crippen LogP contribution in [-0.4, -0.2) is 31.9 Å². The zero-order chi connectivity index (χ0) is 18.3. The van der Waals surface area contributed by atoms with Gasteiger partial charge in [-0.2, -0.15) is 0 Å². The maximum atomic E-state index is 12.8. The molecule has 5 heteroatoms. The molecule has 4 rings (SSSR count). The summed E-state index contributed by atoms with van der Waals surface area (Å²) in [6.07, 6.45) is 7.40. The second kappa shape index (κ2) is 5.70. The third-order valence-electron chi connectivity index (χ3n) is 7.91. The van der Waals surface area contributed by atoms with E-state index in [1.807, 2.05) is 0 Å². The van der Waals surface area contributed by atoms with E-state index >= 15 is 0 Å². The average Bonchev–Trinajstić information content (AvgIpc) is 2.96. The van der Waals surface area contributed by atoms with Crippen LogP contribution in [0.2, 0.25) is 0 Å². The van der Waals surface area contributed by atoms with Crippen LogP contribution in [0.1, 0.15) is 72.1 Å². The third-order valence-corrected chi connectivity index (χ3v) is 10.9. The molecule has 1 N–H and O–H groups in total. The molecule has 4 fully saturated rings. The minimum Gasteiger partial charge on any atom is -0.459 e. The van der Waals surface area contributed by atoms with Crippen LogP contribution in [0.25, 0.3) is 0 Å². The van der Waals surface area contributed by atoms with Crippen molar-refractivity contribution in [3.63, 3.8) is 0 Å². The molecule has 0 amide bonds. The molecule has 0 aromatic carbocycles. The van der Waals surface area contributed by atoms with E-state index in [1.165, 1.54) is 0 Å². The fourth-order valence-electron chi connectivity index (χ4n) is 6.88. The lowest BCUT2D eigenvalue weighted by atomic mass is 9.59. The Bertz CT molecular complexity index is 593. The summed E-state index contributed by atoms with van der Waals surface area (Å²) in [5, 5.41) is 11.4. The molecule has 0 spiro atoms. The van der Waals surface area contributed by atoms with Crippen molar-refractivity contribution in [2.75, 3.05) is 0 Å². The van der Waals surface area contributed by atoms with Crippen LogP contribution >= 0.6 is 31.9 Å². The Balaban J connectivity index is 1.60. The molecule has 2 bridgehead atoms. The Hall–Kier alpha value is 0.390. The van der Waals surface area contributed by atoms with Gasteiger partial charge in [-0.05, 0) is 69.6 Å². The zero-order valence-electron chi connectivity index (χ0n) is 15.5. The van der Waals surface area contributed by atoms with Gasteiger partial charge in [-0.3, -0.25) is 4.79 Å². The quantitative estimate of drug-likeness (QED) is 0.451. The maximum Gasteiger partial charge on any atom is 0.314 e. The summed E-state index contributed by atoms with van der Waals surface area (Å²) >= 11 is 7.63. The molecule has 3 nitrogen and oxygen atoms in total. The van der Waals surface area contributed by atoms with Crippen LogP contribution in [0.15, 0.2) is 0 Å². The standard InChI is InChI=1S/C20H30Br2O3/c1-17(2)11-19(24,8-6-13(17)21)10-12-4-9-20-14(22)5-7-18(3,15(12)20)25-16(20)23/h12-15,24H,4-11H2,1-3H3/t12-,13-,14-,15+,18+,19-,20-/m0/s1. The number of carbonyl (C=O) groups excluding carboxylic acids is 1. The Morgan fingerprint density at radius 2 is 1.76 bits per heavy atom. The van der Waals surface area contributed by atoms with E-state index in [1.54, 1.807) is 0 Å². The highest BCUT2D eigenvalue weighted by molar-refractivity contribution is 9.09. The van der Waals surface area contributed by atoms with Crippen molar-refractivity contribution in [2.45, 2.75) is 93.0 Å². The highest BCUT2D eigenvalue weighted by atomic mass is 79.9. The topological polar surface area (TPSA) is 46.5 Å². The average molecular weight is 478 g/mol. The Kier molecular flexibility index (Phi) is 4.27. The highest BCUT2D eigenvalue weighted by Crippen LogP contribution is 2.67. The van der Waals surface area contributed by atoms with Crippen LogP contribution in [0.4, 0.5) is 0 Å². The lowest BCUT2D eigenvalue weighted by Crippen LogP contribution is -2.51. The summed E-state index contributed by atoms with van der Waals surface area (Å²) in [6.45, 7) is 6.64. The molecule has 3 aliphatic carbocycles. The minimum atomic E-state index is -0.609. The lowest BCUT2D eigenvalue weighted by Gasteiger charge is -2.48. The van der Waals surface area contributed by atoms with E-state index in [2.05, 4.69) is 52.6 Å². The zero-order valence-corrected chi connectivity index (χ0v) is 18.7. The molecule has 3 saturated carbocycles. The first kappa shape index (κ1) is 18.7. The second-order valence-corrected chi connectivity index (χ2v) is 12.3. The Morgan fingerprint density at radius 3 is 2.44 bits per heavy atom. The van der Waals surface area contributed by atoms with Gasteiger partial charge in [-0.25, -0.2) is 0 Å². The van der Waals surface area contributed by atoms with Gasteiger partial charge in [0.2, 0.25) is 0 Å². The van der Waals surface area contributed by atoms with E-state index < -0.39 is 5.60 Å². The van der Waals surface area contributed by atoms with Crippen LogP contribution in [0.3, 0.4) is 0 Å². The van der Waals surface area contributed by atoms with E-state index in [0.717, 1.165) is 51.4 Å². The van der Waals surface area contributed by atoms with E-state index in [4.69, 9.17) is 4.74 Å². The molecule has 0 radical (unpaired) electrons. The van der Waals surface area contributed by atoms with Crippen molar-refractivity contribution in [3.8, 4) is 0 Å². The fourth-order valence-corrected chi connectivity index (χ4v) is 8.20. The van der Waals surface area contributed by atoms with Crippen molar-refractivity contribution in [1.29, 1.82) is 0 Å². The van der Waals surface area contributed by atoms with Crippen LogP contribution in [0, 0.1) is 22.7 Å². The fraction of sp³-hybridized carbons (Fsp3) is 0.950. The molecule has 142 valence electrons. The van der Waals surface area contributed by atoms with Gasteiger partial charge in [-0.15, -0.1) is 0 Å². The first-order valence-electron chi connectivity index (χ1n) is 9.76. The van der Waals surface area contributed by atoms with E-state index in [-0.39, 0.29) is 33.1 Å². The highest BCUT2D eigenvalue weighted by Gasteiger charge is 2.72. The van der Waals surface area contributed by atoms with Crippen molar-refractivity contribution in [1.82, 2.24) is 0 Å². The van der Waals surface area contributed by atoms with Crippen molar-refractivity contribution < 1.29 is 14.6 Å².